The summed E-state index contributed by atoms with van der Waals surface area (Å²) in [6.45, 7) is 1.62. The summed E-state index contributed by atoms with van der Waals surface area (Å²) in [4.78, 5) is 26.3. The molecule has 0 saturated heterocycles. The van der Waals surface area contributed by atoms with E-state index in [0.717, 1.165) is 0 Å². The summed E-state index contributed by atoms with van der Waals surface area (Å²) < 4.78 is 37.7. The molecule has 0 saturated carbocycles. The van der Waals surface area contributed by atoms with Gasteiger partial charge in [0, 0.05) is 16.3 Å². The van der Waals surface area contributed by atoms with Crippen LogP contribution in [0.15, 0.2) is 24.3 Å². The topological polar surface area (TPSA) is 119 Å². The molecule has 0 atom stereocenters. The first-order valence-corrected chi connectivity index (χ1v) is 10.8. The zero-order valence-electron chi connectivity index (χ0n) is 21.1. The molecule has 0 aromatic heterocycles. The van der Waals surface area contributed by atoms with Crippen molar-refractivity contribution in [3.05, 3.63) is 35.4 Å². The lowest BCUT2D eigenvalue weighted by Gasteiger charge is -2.22. The minimum Gasteiger partial charge on any atom is -0.506 e. The van der Waals surface area contributed by atoms with Crippen LogP contribution in [-0.2, 0) is 9.47 Å². The molecule has 0 aliphatic carbocycles. The van der Waals surface area contributed by atoms with Gasteiger partial charge in [0.25, 0.3) is 0 Å². The number of carbonyl (C=O) groups excluding carboxylic acids is 2. The van der Waals surface area contributed by atoms with Crippen LogP contribution in [0.5, 0.6) is 34.5 Å². The van der Waals surface area contributed by atoms with E-state index in [4.69, 9.17) is 33.2 Å². The van der Waals surface area contributed by atoms with Gasteiger partial charge in [0.2, 0.25) is 5.75 Å². The van der Waals surface area contributed by atoms with E-state index in [2.05, 4.69) is 0 Å². The van der Waals surface area contributed by atoms with Crippen LogP contribution in [0, 0.1) is 0 Å². The van der Waals surface area contributed by atoms with Crippen molar-refractivity contribution < 1.29 is 47.9 Å². The fraction of sp³-hybridized carbons (Fsp3) is 0.308. The van der Waals surface area contributed by atoms with Crippen molar-refractivity contribution in [1.29, 1.82) is 0 Å². The molecule has 0 fully saturated rings. The maximum Gasteiger partial charge on any atom is 0.342 e. The first-order valence-electron chi connectivity index (χ1n) is 10.8. The number of phenolic OH excluding ortho intramolecular Hbond substituents is 1. The van der Waals surface area contributed by atoms with Crippen LogP contribution in [0.4, 0.5) is 0 Å². The molecular formula is C26H28O10. The van der Waals surface area contributed by atoms with Gasteiger partial charge in [0.05, 0.1) is 54.8 Å². The maximum absolute atomic E-state index is 13.2. The Hall–Kier alpha value is -4.34. The summed E-state index contributed by atoms with van der Waals surface area (Å²) in [5, 5.41) is 11.8. The highest BCUT2D eigenvalue weighted by Crippen LogP contribution is 2.52. The Morgan fingerprint density at radius 2 is 1.39 bits per heavy atom. The normalized spacial score (nSPS) is 10.5. The number of hydrogen-bond acceptors (Lipinski definition) is 10. The number of fused-ring (bicyclic) bond motifs is 1. The zero-order chi connectivity index (χ0) is 26.6. The van der Waals surface area contributed by atoms with E-state index in [0.29, 0.717) is 17.1 Å². The molecule has 3 aromatic carbocycles. The van der Waals surface area contributed by atoms with Gasteiger partial charge in [-0.3, -0.25) is 0 Å². The Morgan fingerprint density at radius 1 is 0.750 bits per heavy atom. The van der Waals surface area contributed by atoms with Crippen LogP contribution >= 0.6 is 0 Å². The number of hydrogen-bond donors (Lipinski definition) is 1. The third-order valence-corrected chi connectivity index (χ3v) is 5.61. The SMILES string of the molecule is CCOC(=O)c1c(C(=O)OC)c(-c2ccc(OC)c(OC)c2)c2c(OC)c(OC)c(OC)cc2c1O. The number of esters is 2. The van der Waals surface area contributed by atoms with Crippen LogP contribution in [0.25, 0.3) is 21.9 Å². The van der Waals surface area contributed by atoms with Gasteiger partial charge in [-0.15, -0.1) is 0 Å². The van der Waals surface area contributed by atoms with Gasteiger partial charge in [0.15, 0.2) is 23.0 Å². The monoisotopic (exact) mass is 500 g/mol. The second kappa shape index (κ2) is 10.9. The van der Waals surface area contributed by atoms with Gasteiger partial charge in [-0.2, -0.15) is 0 Å². The molecule has 0 radical (unpaired) electrons. The second-order valence-electron chi connectivity index (χ2n) is 7.32. The van der Waals surface area contributed by atoms with Gasteiger partial charge in [0.1, 0.15) is 11.3 Å². The number of rotatable bonds is 9. The summed E-state index contributed by atoms with van der Waals surface area (Å²) in [7, 11) is 8.38. The smallest absolute Gasteiger partial charge is 0.342 e. The van der Waals surface area contributed by atoms with Crippen molar-refractivity contribution in [3.63, 3.8) is 0 Å². The van der Waals surface area contributed by atoms with Crippen molar-refractivity contribution in [2.75, 3.05) is 49.3 Å². The molecule has 10 heteroatoms. The number of aromatic hydroxyl groups is 1. The summed E-state index contributed by atoms with van der Waals surface area (Å²) in [6, 6.07) is 6.43. The average Bonchev–Trinajstić information content (AvgIpc) is 2.90. The Balaban J connectivity index is 2.70. The number of benzene rings is 3. The van der Waals surface area contributed by atoms with Crippen molar-refractivity contribution in [1.82, 2.24) is 0 Å². The molecule has 0 unspecified atom stereocenters. The fourth-order valence-corrected chi connectivity index (χ4v) is 4.08. The second-order valence-corrected chi connectivity index (χ2v) is 7.32. The summed E-state index contributed by atoms with van der Waals surface area (Å²) in [6.07, 6.45) is 0. The highest BCUT2D eigenvalue weighted by molar-refractivity contribution is 6.20. The molecule has 0 amide bonds. The largest absolute Gasteiger partial charge is 0.506 e. The van der Waals surface area contributed by atoms with E-state index in [1.165, 1.54) is 48.7 Å². The van der Waals surface area contributed by atoms with E-state index in [1.54, 1.807) is 25.1 Å². The first kappa shape index (κ1) is 26.3. The van der Waals surface area contributed by atoms with Crippen molar-refractivity contribution in [2.45, 2.75) is 6.92 Å². The first-order chi connectivity index (χ1) is 17.3. The third kappa shape index (κ3) is 4.26. The molecule has 36 heavy (non-hydrogen) atoms. The Morgan fingerprint density at radius 3 is 1.92 bits per heavy atom. The molecule has 0 bridgehead atoms. The molecule has 0 heterocycles. The lowest BCUT2D eigenvalue weighted by Crippen LogP contribution is -2.16. The Kier molecular flexibility index (Phi) is 7.98. The van der Waals surface area contributed by atoms with E-state index >= 15 is 0 Å². The number of carbonyl (C=O) groups is 2. The lowest BCUT2D eigenvalue weighted by molar-refractivity contribution is 0.0501. The van der Waals surface area contributed by atoms with Gasteiger partial charge in [-0.25, -0.2) is 9.59 Å². The van der Waals surface area contributed by atoms with Crippen LogP contribution in [0.1, 0.15) is 27.6 Å². The van der Waals surface area contributed by atoms with Gasteiger partial charge < -0.3 is 38.3 Å². The molecule has 3 aromatic rings. The van der Waals surface area contributed by atoms with Crippen LogP contribution in [0.3, 0.4) is 0 Å². The fourth-order valence-electron chi connectivity index (χ4n) is 4.08. The number of phenols is 1. The average molecular weight is 501 g/mol. The minimum absolute atomic E-state index is 0.0118. The van der Waals surface area contributed by atoms with E-state index in [-0.39, 0.29) is 51.3 Å². The highest BCUT2D eigenvalue weighted by atomic mass is 16.5. The molecule has 0 spiro atoms. The molecule has 0 aliphatic heterocycles. The Labute approximate surface area is 208 Å². The molecule has 3 rings (SSSR count). The van der Waals surface area contributed by atoms with Gasteiger partial charge in [-0.05, 0) is 30.7 Å². The summed E-state index contributed by atoms with van der Waals surface area (Å²) in [5.41, 5.74) is 0.0690. The predicted octanol–water partition coefficient (Wildman–Crippen LogP) is 4.22. The lowest BCUT2D eigenvalue weighted by atomic mass is 9.87. The number of methoxy groups -OCH3 is 6. The quantitative estimate of drug-likeness (QED) is 0.428. The Bertz CT molecular complexity index is 1310. The molecular weight excluding hydrogens is 472 g/mol. The predicted molar refractivity (Wildman–Crippen MR) is 131 cm³/mol. The van der Waals surface area contributed by atoms with Crippen LogP contribution in [-0.4, -0.2) is 66.3 Å². The molecule has 10 nitrogen and oxygen atoms in total. The van der Waals surface area contributed by atoms with E-state index in [1.807, 2.05) is 0 Å². The van der Waals surface area contributed by atoms with Crippen LogP contribution < -0.4 is 23.7 Å². The van der Waals surface area contributed by atoms with E-state index in [9.17, 15) is 14.7 Å². The summed E-state index contributed by atoms with van der Waals surface area (Å²) >= 11 is 0. The van der Waals surface area contributed by atoms with Crippen molar-refractivity contribution in [2.24, 2.45) is 0 Å². The van der Waals surface area contributed by atoms with Crippen molar-refractivity contribution >= 4 is 22.7 Å². The molecule has 1 N–H and O–H groups in total. The maximum atomic E-state index is 13.2. The van der Waals surface area contributed by atoms with Crippen molar-refractivity contribution in [3.8, 4) is 45.6 Å². The van der Waals surface area contributed by atoms with Gasteiger partial charge in [-0.1, -0.05) is 6.07 Å². The van der Waals surface area contributed by atoms with Gasteiger partial charge >= 0.3 is 11.9 Å². The van der Waals surface area contributed by atoms with E-state index < -0.39 is 17.7 Å². The molecule has 192 valence electrons. The van der Waals surface area contributed by atoms with Crippen LogP contribution in [0.2, 0.25) is 0 Å². The standard InChI is InChI=1S/C26H28O10/c1-8-36-26(29)21-20(25(28)35-7)18(13-9-10-15(30-2)16(11-13)31-3)19-14(22(21)27)12-17(32-4)23(33-5)24(19)34-6/h9-12,27H,8H2,1-7H3. The third-order valence-electron chi connectivity index (χ3n) is 5.61. The zero-order valence-corrected chi connectivity index (χ0v) is 21.1. The minimum atomic E-state index is -0.909. The number of ether oxygens (including phenoxy) is 7. The summed E-state index contributed by atoms with van der Waals surface area (Å²) in [5.74, 6) is -0.876. The molecule has 0 aliphatic rings. The highest BCUT2D eigenvalue weighted by Gasteiger charge is 2.34.